The van der Waals surface area contributed by atoms with E-state index in [0.29, 0.717) is 45.0 Å². The van der Waals surface area contributed by atoms with Crippen LogP contribution in [0.3, 0.4) is 0 Å². The van der Waals surface area contributed by atoms with Crippen LogP contribution in [0.2, 0.25) is 0 Å². The molecule has 132 valence electrons. The first-order chi connectivity index (χ1) is 12.1. The van der Waals surface area contributed by atoms with Crippen molar-refractivity contribution >= 4 is 11.7 Å². The van der Waals surface area contributed by atoms with Gasteiger partial charge in [-0.2, -0.15) is 0 Å². The quantitative estimate of drug-likeness (QED) is 0.699. The van der Waals surface area contributed by atoms with E-state index in [4.69, 9.17) is 10.5 Å². The van der Waals surface area contributed by atoms with Gasteiger partial charge in [-0.15, -0.1) is 0 Å². The summed E-state index contributed by atoms with van der Waals surface area (Å²) in [5.74, 6) is 1.43. The molecule has 25 heavy (non-hydrogen) atoms. The minimum absolute atomic E-state index is 0.0781. The van der Waals surface area contributed by atoms with Crippen LogP contribution in [0, 0.1) is 0 Å². The molecule has 1 aliphatic rings. The molecule has 3 rings (SSSR count). The number of hydrogen-bond donors (Lipinski definition) is 3. The summed E-state index contributed by atoms with van der Waals surface area (Å²) in [5.41, 5.74) is 6.32. The summed E-state index contributed by atoms with van der Waals surface area (Å²) in [5, 5.41) is 2.84. The number of fused-ring (bicyclic) bond motifs is 1. The van der Waals surface area contributed by atoms with Gasteiger partial charge in [0.05, 0.1) is 6.54 Å². The molecule has 0 saturated carbocycles. The first-order valence-corrected chi connectivity index (χ1v) is 8.15. The monoisotopic (exact) mass is 343 g/mol. The summed E-state index contributed by atoms with van der Waals surface area (Å²) in [6.07, 6.45) is 0.415. The number of hydrogen-bond acceptors (Lipinski definition) is 6. The average Bonchev–Trinajstić information content (AvgIpc) is 2.75. The van der Waals surface area contributed by atoms with Crippen LogP contribution in [-0.4, -0.2) is 47.0 Å². The minimum atomic E-state index is -0.294. The van der Waals surface area contributed by atoms with Crippen molar-refractivity contribution in [2.24, 2.45) is 0 Å². The molecule has 1 aromatic carbocycles. The van der Waals surface area contributed by atoms with Crippen molar-refractivity contribution in [1.29, 1.82) is 0 Å². The van der Waals surface area contributed by atoms with Gasteiger partial charge in [0, 0.05) is 37.7 Å². The highest BCUT2D eigenvalue weighted by Gasteiger charge is 2.17. The second kappa shape index (κ2) is 7.80. The molecule has 2 aromatic rings. The number of rotatable bonds is 5. The molecule has 0 unspecified atom stereocenters. The van der Waals surface area contributed by atoms with Crippen molar-refractivity contribution in [1.82, 2.24) is 20.2 Å². The van der Waals surface area contributed by atoms with Gasteiger partial charge in [0.2, 0.25) is 5.91 Å². The highest BCUT2D eigenvalue weighted by Crippen LogP contribution is 2.22. The molecule has 0 bridgehead atoms. The molecule has 1 aliphatic heterocycles. The molecule has 0 aliphatic carbocycles. The van der Waals surface area contributed by atoms with E-state index >= 15 is 0 Å². The number of aromatic amines is 1. The summed E-state index contributed by atoms with van der Waals surface area (Å²) in [4.78, 5) is 32.1. The summed E-state index contributed by atoms with van der Waals surface area (Å²) in [6.45, 7) is 2.59. The number of ether oxygens (including phenoxy) is 1. The zero-order valence-electron chi connectivity index (χ0n) is 13.8. The van der Waals surface area contributed by atoms with Crippen LogP contribution in [0.25, 0.3) is 0 Å². The van der Waals surface area contributed by atoms with Crippen molar-refractivity contribution < 1.29 is 9.53 Å². The predicted octanol–water partition coefficient (Wildman–Crippen LogP) is -0.0946. The summed E-state index contributed by atoms with van der Waals surface area (Å²) in [7, 11) is 0. The Morgan fingerprint density at radius 2 is 2.24 bits per heavy atom. The standard InChI is InChI=1S/C17H21N5O3/c18-14-9-16(23)21-15(20-14)5-6-19-17(24)11-22-7-8-25-13-4-2-1-3-12(13)10-22/h1-4,9H,5-8,10-11H2,(H,19,24)(H3,18,20,21,23). The van der Waals surface area contributed by atoms with Gasteiger partial charge in [-0.3, -0.25) is 14.5 Å². The minimum Gasteiger partial charge on any atom is -0.492 e. The number of nitrogen functional groups attached to an aromatic ring is 1. The van der Waals surface area contributed by atoms with Crippen molar-refractivity contribution in [2.75, 3.05) is 32.0 Å². The maximum atomic E-state index is 12.1. The second-order valence-corrected chi connectivity index (χ2v) is 5.88. The molecule has 1 aromatic heterocycles. The highest BCUT2D eigenvalue weighted by molar-refractivity contribution is 5.78. The van der Waals surface area contributed by atoms with Gasteiger partial charge < -0.3 is 20.8 Å². The number of carbonyl (C=O) groups excluding carboxylic acids is 1. The fourth-order valence-corrected chi connectivity index (χ4v) is 2.74. The number of aromatic nitrogens is 2. The van der Waals surface area contributed by atoms with Gasteiger partial charge in [-0.1, -0.05) is 18.2 Å². The van der Waals surface area contributed by atoms with Crippen LogP contribution in [-0.2, 0) is 17.8 Å². The Labute approximate surface area is 145 Å². The van der Waals surface area contributed by atoms with Gasteiger partial charge in [0.15, 0.2) is 0 Å². The smallest absolute Gasteiger partial charge is 0.252 e. The largest absolute Gasteiger partial charge is 0.492 e. The van der Waals surface area contributed by atoms with Crippen LogP contribution in [0.15, 0.2) is 35.1 Å². The lowest BCUT2D eigenvalue weighted by Crippen LogP contribution is -2.38. The number of para-hydroxylation sites is 1. The first-order valence-electron chi connectivity index (χ1n) is 8.15. The SMILES string of the molecule is Nc1cc(=O)[nH]c(CCNC(=O)CN2CCOc3ccccc3C2)n1. The third-order valence-corrected chi connectivity index (χ3v) is 3.89. The summed E-state index contributed by atoms with van der Waals surface area (Å²) < 4.78 is 5.69. The van der Waals surface area contributed by atoms with E-state index in [1.807, 2.05) is 29.2 Å². The summed E-state index contributed by atoms with van der Waals surface area (Å²) in [6, 6.07) is 9.08. The topological polar surface area (TPSA) is 113 Å². The fourth-order valence-electron chi connectivity index (χ4n) is 2.74. The first kappa shape index (κ1) is 17.0. The van der Waals surface area contributed by atoms with Crippen molar-refractivity contribution in [3.8, 4) is 5.75 Å². The zero-order valence-corrected chi connectivity index (χ0v) is 13.8. The van der Waals surface area contributed by atoms with Gasteiger partial charge in [-0.05, 0) is 6.07 Å². The molecule has 0 spiro atoms. The zero-order chi connectivity index (χ0) is 17.6. The lowest BCUT2D eigenvalue weighted by atomic mass is 10.2. The van der Waals surface area contributed by atoms with E-state index in [0.717, 1.165) is 11.3 Å². The van der Waals surface area contributed by atoms with Crippen LogP contribution in [0.1, 0.15) is 11.4 Å². The number of carbonyl (C=O) groups is 1. The van der Waals surface area contributed by atoms with Crippen molar-refractivity contribution in [3.63, 3.8) is 0 Å². The number of anilines is 1. The predicted molar refractivity (Wildman–Crippen MR) is 93.2 cm³/mol. The maximum Gasteiger partial charge on any atom is 0.252 e. The highest BCUT2D eigenvalue weighted by atomic mass is 16.5. The number of nitrogens with one attached hydrogen (secondary N) is 2. The maximum absolute atomic E-state index is 12.1. The molecular weight excluding hydrogens is 322 g/mol. The molecule has 0 fully saturated rings. The summed E-state index contributed by atoms with van der Waals surface area (Å²) >= 11 is 0. The number of nitrogens with two attached hydrogens (primary N) is 1. The molecule has 0 atom stereocenters. The number of benzene rings is 1. The van der Waals surface area contributed by atoms with Gasteiger partial charge in [0.1, 0.15) is 24.0 Å². The third kappa shape index (κ3) is 4.80. The number of H-pyrrole nitrogens is 1. The Hall–Kier alpha value is -2.87. The normalized spacial score (nSPS) is 14.2. The molecule has 8 nitrogen and oxygen atoms in total. The lowest BCUT2D eigenvalue weighted by molar-refractivity contribution is -0.122. The van der Waals surface area contributed by atoms with E-state index in [9.17, 15) is 9.59 Å². The van der Waals surface area contributed by atoms with Gasteiger partial charge in [0.25, 0.3) is 5.56 Å². The molecule has 0 radical (unpaired) electrons. The Bertz CT molecular complexity index is 805. The molecule has 2 heterocycles. The number of nitrogens with zero attached hydrogens (tertiary/aromatic N) is 2. The van der Waals surface area contributed by atoms with Gasteiger partial charge in [-0.25, -0.2) is 4.98 Å². The Kier molecular flexibility index (Phi) is 5.30. The van der Waals surface area contributed by atoms with E-state index in [1.54, 1.807) is 0 Å². The third-order valence-electron chi connectivity index (χ3n) is 3.89. The van der Waals surface area contributed by atoms with Crippen LogP contribution in [0.4, 0.5) is 5.82 Å². The van der Waals surface area contributed by atoms with Crippen LogP contribution < -0.4 is 21.3 Å². The molecule has 8 heteroatoms. The van der Waals surface area contributed by atoms with Gasteiger partial charge >= 0.3 is 0 Å². The Morgan fingerprint density at radius 3 is 3.08 bits per heavy atom. The fraction of sp³-hybridized carbons (Fsp3) is 0.353. The molecule has 4 N–H and O–H groups in total. The van der Waals surface area contributed by atoms with E-state index in [1.165, 1.54) is 6.07 Å². The van der Waals surface area contributed by atoms with E-state index in [2.05, 4.69) is 15.3 Å². The van der Waals surface area contributed by atoms with Crippen LogP contribution >= 0.6 is 0 Å². The molecular formula is C17H21N5O3. The Morgan fingerprint density at radius 1 is 1.40 bits per heavy atom. The molecule has 1 amide bonds. The van der Waals surface area contributed by atoms with Crippen LogP contribution in [0.5, 0.6) is 5.75 Å². The van der Waals surface area contributed by atoms with E-state index in [-0.39, 0.29) is 17.3 Å². The van der Waals surface area contributed by atoms with Crippen molar-refractivity contribution in [3.05, 3.63) is 52.1 Å². The Balaban J connectivity index is 1.48. The van der Waals surface area contributed by atoms with E-state index < -0.39 is 0 Å². The average molecular weight is 343 g/mol. The number of amides is 1. The lowest BCUT2D eigenvalue weighted by Gasteiger charge is -2.18. The molecule has 0 saturated heterocycles. The second-order valence-electron chi connectivity index (χ2n) is 5.88. The van der Waals surface area contributed by atoms with Crippen molar-refractivity contribution in [2.45, 2.75) is 13.0 Å².